The van der Waals surface area contributed by atoms with E-state index in [1.165, 1.54) is 167 Å². The maximum absolute atomic E-state index is 13.1. The van der Waals surface area contributed by atoms with Crippen LogP contribution in [0.5, 0.6) is 0 Å². The minimum atomic E-state index is -1.58. The van der Waals surface area contributed by atoms with E-state index in [0.29, 0.717) is 6.42 Å². The summed E-state index contributed by atoms with van der Waals surface area (Å²) in [6.45, 7) is 3.66. The van der Waals surface area contributed by atoms with Gasteiger partial charge in [-0.1, -0.05) is 278 Å². The summed E-state index contributed by atoms with van der Waals surface area (Å²) in [6.07, 6.45) is 76.3. The second kappa shape index (κ2) is 57.3. The number of carbonyl (C=O) groups is 1. The van der Waals surface area contributed by atoms with E-state index in [1.807, 2.05) is 6.08 Å². The van der Waals surface area contributed by atoms with Crippen molar-refractivity contribution in [1.29, 1.82) is 0 Å². The zero-order chi connectivity index (χ0) is 56.5. The van der Waals surface area contributed by atoms with Gasteiger partial charge in [0.05, 0.1) is 25.4 Å². The van der Waals surface area contributed by atoms with Crippen LogP contribution in [0.15, 0.2) is 97.2 Å². The molecular weight excluding hydrogens is 971 g/mol. The number of ether oxygens (including phenoxy) is 2. The topological polar surface area (TPSA) is 149 Å². The monoisotopic (exact) mass is 1090 g/mol. The summed E-state index contributed by atoms with van der Waals surface area (Å²) in [5.74, 6) is -0.196. The first-order valence-corrected chi connectivity index (χ1v) is 32.5. The number of aliphatic hydroxyl groups excluding tert-OH is 5. The summed E-state index contributed by atoms with van der Waals surface area (Å²) in [7, 11) is 0. The highest BCUT2D eigenvalue weighted by atomic mass is 16.7. The fourth-order valence-electron chi connectivity index (χ4n) is 9.81. The van der Waals surface area contributed by atoms with Gasteiger partial charge in [0.2, 0.25) is 5.91 Å². The van der Waals surface area contributed by atoms with Crippen molar-refractivity contribution < 1.29 is 39.8 Å². The summed E-state index contributed by atoms with van der Waals surface area (Å²) in [5, 5.41) is 54.6. The summed E-state index contributed by atoms with van der Waals surface area (Å²) in [6, 6.07) is -0.838. The van der Waals surface area contributed by atoms with Gasteiger partial charge in [0.15, 0.2) is 6.29 Å². The molecule has 450 valence electrons. The van der Waals surface area contributed by atoms with Gasteiger partial charge in [0, 0.05) is 6.42 Å². The van der Waals surface area contributed by atoms with Crippen molar-refractivity contribution in [3.05, 3.63) is 97.2 Å². The molecule has 0 aromatic heterocycles. The highest BCUT2D eigenvalue weighted by Gasteiger charge is 2.44. The number of hydrogen-bond acceptors (Lipinski definition) is 8. The number of nitrogens with one attached hydrogen (secondary N) is 1. The third-order valence-electron chi connectivity index (χ3n) is 14.9. The molecule has 1 heterocycles. The molecule has 9 heteroatoms. The van der Waals surface area contributed by atoms with Crippen LogP contribution in [0.1, 0.15) is 277 Å². The number of allylic oxidation sites excluding steroid dienone is 15. The van der Waals surface area contributed by atoms with Gasteiger partial charge >= 0.3 is 0 Å². The van der Waals surface area contributed by atoms with Crippen molar-refractivity contribution in [2.24, 2.45) is 0 Å². The maximum atomic E-state index is 13.1. The molecule has 9 nitrogen and oxygen atoms in total. The van der Waals surface area contributed by atoms with E-state index in [2.05, 4.69) is 104 Å². The van der Waals surface area contributed by atoms with E-state index in [4.69, 9.17) is 9.47 Å². The average molecular weight is 1090 g/mol. The SMILES string of the molecule is CC/C=C\C/C=C\C/C=C\C/C=C\C/C=C\CCCCCCCCCCCCCC(=O)NC(COC1OC(CO)C(O)C(O)C1O)C(O)/C=C/CC/C=C/CC/C=C/CCCCCCCCCCCCCCCCCCCC. The van der Waals surface area contributed by atoms with Crippen LogP contribution in [0, 0.1) is 0 Å². The van der Waals surface area contributed by atoms with Crippen LogP contribution < -0.4 is 5.32 Å². The third-order valence-corrected chi connectivity index (χ3v) is 14.9. The predicted molar refractivity (Wildman–Crippen MR) is 331 cm³/mol. The smallest absolute Gasteiger partial charge is 0.220 e. The van der Waals surface area contributed by atoms with Gasteiger partial charge in [-0.3, -0.25) is 4.79 Å². The Morgan fingerprint density at radius 3 is 1.23 bits per heavy atom. The molecule has 0 spiro atoms. The van der Waals surface area contributed by atoms with Gasteiger partial charge in [-0.15, -0.1) is 0 Å². The molecule has 0 saturated carbocycles. The van der Waals surface area contributed by atoms with Gasteiger partial charge in [0.1, 0.15) is 24.4 Å². The summed E-state index contributed by atoms with van der Waals surface area (Å²) >= 11 is 0. The average Bonchev–Trinajstić information content (AvgIpc) is 3.45. The number of hydrogen-bond donors (Lipinski definition) is 6. The van der Waals surface area contributed by atoms with Crippen LogP contribution >= 0.6 is 0 Å². The third kappa shape index (κ3) is 45.8. The molecule has 1 saturated heterocycles. The fraction of sp³-hybridized carbons (Fsp3) is 0.754. The Morgan fingerprint density at radius 2 is 0.808 bits per heavy atom. The number of aliphatic hydroxyl groups is 5. The number of amides is 1. The lowest BCUT2D eigenvalue weighted by atomic mass is 9.99. The second-order valence-corrected chi connectivity index (χ2v) is 22.2. The largest absolute Gasteiger partial charge is 0.394 e. The lowest BCUT2D eigenvalue weighted by Crippen LogP contribution is -2.60. The molecule has 1 aliphatic rings. The quantitative estimate of drug-likeness (QED) is 0.0261. The molecule has 1 amide bonds. The molecule has 6 N–H and O–H groups in total. The van der Waals surface area contributed by atoms with E-state index in [-0.39, 0.29) is 12.5 Å². The minimum absolute atomic E-state index is 0.196. The Labute approximate surface area is 479 Å². The van der Waals surface area contributed by atoms with Crippen LogP contribution in [-0.2, 0) is 14.3 Å². The van der Waals surface area contributed by atoms with E-state index < -0.39 is 49.5 Å². The van der Waals surface area contributed by atoms with E-state index in [9.17, 15) is 30.3 Å². The molecule has 0 aromatic rings. The van der Waals surface area contributed by atoms with Crippen molar-refractivity contribution in [3.63, 3.8) is 0 Å². The Morgan fingerprint density at radius 1 is 0.449 bits per heavy atom. The van der Waals surface area contributed by atoms with Crippen LogP contribution in [0.4, 0.5) is 0 Å². The second-order valence-electron chi connectivity index (χ2n) is 22.2. The van der Waals surface area contributed by atoms with Crippen LogP contribution in [0.2, 0.25) is 0 Å². The Kier molecular flexibility index (Phi) is 53.8. The first kappa shape index (κ1) is 73.1. The molecule has 0 radical (unpaired) electrons. The molecular formula is C69H121NO8. The molecule has 7 atom stereocenters. The normalized spacial score (nSPS) is 19.3. The lowest BCUT2D eigenvalue weighted by Gasteiger charge is -2.40. The van der Waals surface area contributed by atoms with Crippen LogP contribution in [0.25, 0.3) is 0 Å². The number of rotatable bonds is 55. The van der Waals surface area contributed by atoms with Gasteiger partial charge in [-0.05, 0) is 89.9 Å². The number of unbranched alkanes of at least 4 members (excludes halogenated alkanes) is 31. The number of carbonyl (C=O) groups excluding carboxylic acids is 1. The zero-order valence-electron chi connectivity index (χ0n) is 50.1. The standard InChI is InChI=1S/C69H121NO8/c1-3-5-7-9-11-13-15-17-19-21-23-25-27-29-31-33-34-36-38-40-42-44-46-48-50-52-54-56-58-63(72)62(61-77-69-68(76)67(75)66(74)64(60-71)78-69)70-65(73)59-57-55-53-51-49-47-45-43-41-39-37-35-32-30-28-26-24-22-20-18-16-14-12-10-8-6-4-2/h6,8,12,14,18,20,24,26,30,32,40,42,48,50,56,58,62-64,66-69,71-72,74-76H,3-5,7,9-11,13,15-17,19,21-23,25,27-29,31,33-39,41,43-47,49,51-55,57,59-61H2,1-2H3,(H,70,73)/b8-6-,14-12-,20-18-,26-24-,32-30-,42-40+,50-48+,58-56+. The van der Waals surface area contributed by atoms with E-state index >= 15 is 0 Å². The summed E-state index contributed by atoms with van der Waals surface area (Å²) < 4.78 is 11.3. The van der Waals surface area contributed by atoms with Crippen LogP contribution in [-0.4, -0.2) is 87.5 Å². The Balaban J connectivity index is 2.22. The van der Waals surface area contributed by atoms with Gasteiger partial charge in [-0.2, -0.15) is 0 Å². The van der Waals surface area contributed by atoms with E-state index in [1.54, 1.807) is 6.08 Å². The van der Waals surface area contributed by atoms with Crippen molar-refractivity contribution >= 4 is 5.91 Å². The highest BCUT2D eigenvalue weighted by Crippen LogP contribution is 2.23. The molecule has 0 aromatic carbocycles. The molecule has 0 bridgehead atoms. The molecule has 1 rings (SSSR count). The lowest BCUT2D eigenvalue weighted by molar-refractivity contribution is -0.302. The molecule has 1 fully saturated rings. The fourth-order valence-corrected chi connectivity index (χ4v) is 9.81. The van der Waals surface area contributed by atoms with Crippen molar-refractivity contribution in [1.82, 2.24) is 5.32 Å². The maximum Gasteiger partial charge on any atom is 0.220 e. The van der Waals surface area contributed by atoms with Crippen LogP contribution in [0.3, 0.4) is 0 Å². The van der Waals surface area contributed by atoms with Gasteiger partial charge < -0.3 is 40.3 Å². The predicted octanol–water partition coefficient (Wildman–Crippen LogP) is 17.1. The van der Waals surface area contributed by atoms with Gasteiger partial charge in [0.25, 0.3) is 0 Å². The molecule has 78 heavy (non-hydrogen) atoms. The molecule has 1 aliphatic heterocycles. The molecule has 0 aliphatic carbocycles. The molecule has 7 unspecified atom stereocenters. The van der Waals surface area contributed by atoms with E-state index in [0.717, 1.165) is 89.9 Å². The minimum Gasteiger partial charge on any atom is -0.394 e. The Bertz CT molecular complexity index is 1550. The highest BCUT2D eigenvalue weighted by molar-refractivity contribution is 5.76. The first-order chi connectivity index (χ1) is 38.3. The van der Waals surface area contributed by atoms with Crippen molar-refractivity contribution in [2.75, 3.05) is 13.2 Å². The Hall–Kier alpha value is -2.89. The van der Waals surface area contributed by atoms with Gasteiger partial charge in [-0.25, -0.2) is 0 Å². The van der Waals surface area contributed by atoms with Crippen molar-refractivity contribution in [2.45, 2.75) is 320 Å². The summed E-state index contributed by atoms with van der Waals surface area (Å²) in [5.41, 5.74) is 0. The first-order valence-electron chi connectivity index (χ1n) is 32.5. The summed E-state index contributed by atoms with van der Waals surface area (Å²) in [4.78, 5) is 13.1. The van der Waals surface area contributed by atoms with Crippen molar-refractivity contribution in [3.8, 4) is 0 Å². The zero-order valence-corrected chi connectivity index (χ0v) is 50.1.